The lowest BCUT2D eigenvalue weighted by atomic mass is 10.2. The van der Waals surface area contributed by atoms with Crippen molar-refractivity contribution in [2.24, 2.45) is 0 Å². The van der Waals surface area contributed by atoms with E-state index in [1.54, 1.807) is 0 Å². The molecule has 0 radical (unpaired) electrons. The molecule has 0 atom stereocenters. The normalized spacial score (nSPS) is 10.3. The Kier molecular flexibility index (Phi) is 7.36. The molecule has 1 heterocycles. The minimum absolute atomic E-state index is 0.0618. The molecular formula is C16H23NO5. The molecule has 122 valence electrons. The van der Waals surface area contributed by atoms with Gasteiger partial charge in [0.1, 0.15) is 5.69 Å². The first kappa shape index (κ1) is 17.9. The highest BCUT2D eigenvalue weighted by Gasteiger charge is 2.22. The monoisotopic (exact) mass is 309 g/mol. The summed E-state index contributed by atoms with van der Waals surface area (Å²) in [5.41, 5.74) is -0.220. The van der Waals surface area contributed by atoms with Crippen molar-refractivity contribution in [3.05, 3.63) is 17.5 Å². The Morgan fingerprint density at radius 2 is 1.73 bits per heavy atom. The number of unbranched alkanes of at least 4 members (excludes halogenated alkanes) is 2. The van der Waals surface area contributed by atoms with Gasteiger partial charge in [-0.05, 0) is 12.8 Å². The molecule has 1 aromatic rings. The fourth-order valence-electron chi connectivity index (χ4n) is 1.73. The molecule has 0 unspecified atom stereocenters. The fraction of sp³-hybridized carbons (Fsp3) is 0.562. The quantitative estimate of drug-likeness (QED) is 0.527. The van der Waals surface area contributed by atoms with Crippen molar-refractivity contribution in [2.45, 2.75) is 46.5 Å². The summed E-state index contributed by atoms with van der Waals surface area (Å²) >= 11 is 0. The molecule has 0 aliphatic rings. The van der Waals surface area contributed by atoms with Gasteiger partial charge in [0.25, 0.3) is 0 Å². The van der Waals surface area contributed by atoms with E-state index in [1.807, 2.05) is 13.8 Å². The summed E-state index contributed by atoms with van der Waals surface area (Å²) in [6.45, 7) is 6.18. The SMILES string of the molecule is CCCCOc1cc(C(C)=O)nc(C(=O)O)c1OCCCC. The second-order valence-electron chi connectivity index (χ2n) is 4.95. The molecule has 0 fully saturated rings. The largest absolute Gasteiger partial charge is 0.490 e. The van der Waals surface area contributed by atoms with Crippen LogP contribution in [0.1, 0.15) is 67.4 Å². The zero-order valence-corrected chi connectivity index (χ0v) is 13.3. The highest BCUT2D eigenvalue weighted by Crippen LogP contribution is 2.32. The average molecular weight is 309 g/mol. The maximum atomic E-state index is 11.5. The highest BCUT2D eigenvalue weighted by molar-refractivity contribution is 5.96. The van der Waals surface area contributed by atoms with Crippen LogP contribution in [0.3, 0.4) is 0 Å². The number of carbonyl (C=O) groups is 2. The number of carboxylic acid groups (broad SMARTS) is 1. The van der Waals surface area contributed by atoms with Crippen LogP contribution in [0.4, 0.5) is 0 Å². The average Bonchev–Trinajstić information content (AvgIpc) is 2.48. The van der Waals surface area contributed by atoms with E-state index in [4.69, 9.17) is 9.47 Å². The van der Waals surface area contributed by atoms with Crippen LogP contribution in [-0.2, 0) is 0 Å². The molecule has 0 bridgehead atoms. The van der Waals surface area contributed by atoms with E-state index >= 15 is 0 Å². The third-order valence-corrected chi connectivity index (χ3v) is 3.00. The van der Waals surface area contributed by atoms with Crippen LogP contribution in [0.15, 0.2) is 6.07 Å². The van der Waals surface area contributed by atoms with Crippen molar-refractivity contribution in [1.82, 2.24) is 4.98 Å². The summed E-state index contributed by atoms with van der Waals surface area (Å²) in [6, 6.07) is 1.45. The van der Waals surface area contributed by atoms with Crippen LogP contribution < -0.4 is 9.47 Å². The number of hydrogen-bond acceptors (Lipinski definition) is 5. The Bertz CT molecular complexity index is 528. The number of pyridine rings is 1. The molecule has 0 amide bonds. The number of hydrogen-bond donors (Lipinski definition) is 1. The Morgan fingerprint density at radius 3 is 2.23 bits per heavy atom. The van der Waals surface area contributed by atoms with E-state index in [9.17, 15) is 14.7 Å². The molecular weight excluding hydrogens is 286 g/mol. The summed E-state index contributed by atoms with van der Waals surface area (Å²) in [4.78, 5) is 26.8. The van der Waals surface area contributed by atoms with E-state index in [0.29, 0.717) is 13.2 Å². The fourth-order valence-corrected chi connectivity index (χ4v) is 1.73. The van der Waals surface area contributed by atoms with E-state index in [0.717, 1.165) is 25.7 Å². The van der Waals surface area contributed by atoms with Crippen LogP contribution in [0.5, 0.6) is 11.5 Å². The summed E-state index contributed by atoms with van der Waals surface area (Å²) in [7, 11) is 0. The number of ether oxygens (including phenoxy) is 2. The topological polar surface area (TPSA) is 85.7 Å². The number of aromatic nitrogens is 1. The molecule has 0 saturated heterocycles. The van der Waals surface area contributed by atoms with Gasteiger partial charge in [-0.3, -0.25) is 4.79 Å². The number of nitrogens with zero attached hydrogens (tertiary/aromatic N) is 1. The molecule has 1 aromatic heterocycles. The van der Waals surface area contributed by atoms with Gasteiger partial charge in [-0.1, -0.05) is 26.7 Å². The summed E-state index contributed by atoms with van der Waals surface area (Å²) in [5, 5.41) is 9.32. The number of ketones is 1. The number of rotatable bonds is 10. The number of aromatic carboxylic acids is 1. The zero-order valence-electron chi connectivity index (χ0n) is 13.3. The summed E-state index contributed by atoms with van der Waals surface area (Å²) in [5.74, 6) is -1.19. The number of carbonyl (C=O) groups excluding carboxylic acids is 1. The highest BCUT2D eigenvalue weighted by atomic mass is 16.5. The van der Waals surface area contributed by atoms with Crippen LogP contribution in [0.25, 0.3) is 0 Å². The van der Waals surface area contributed by atoms with Gasteiger partial charge < -0.3 is 14.6 Å². The third kappa shape index (κ3) is 5.02. The maximum absolute atomic E-state index is 11.5. The minimum atomic E-state index is -1.24. The first-order valence-electron chi connectivity index (χ1n) is 7.56. The molecule has 6 heteroatoms. The van der Waals surface area contributed by atoms with Crippen LogP contribution in [-0.4, -0.2) is 35.1 Å². The number of Topliss-reactive ketones (excluding diaryl/α,β-unsaturated/α-hetero) is 1. The molecule has 22 heavy (non-hydrogen) atoms. The van der Waals surface area contributed by atoms with Gasteiger partial charge in [0.2, 0.25) is 0 Å². The van der Waals surface area contributed by atoms with Gasteiger partial charge in [-0.25, -0.2) is 9.78 Å². The molecule has 0 aliphatic carbocycles. The van der Waals surface area contributed by atoms with Gasteiger partial charge in [0, 0.05) is 13.0 Å². The number of carboxylic acids is 1. The molecule has 0 aliphatic heterocycles. The summed E-state index contributed by atoms with van der Waals surface area (Å²) < 4.78 is 11.2. The van der Waals surface area contributed by atoms with Crippen molar-refractivity contribution in [2.75, 3.05) is 13.2 Å². The molecule has 1 rings (SSSR count). The third-order valence-electron chi connectivity index (χ3n) is 3.00. The van der Waals surface area contributed by atoms with Gasteiger partial charge in [-0.2, -0.15) is 0 Å². The zero-order chi connectivity index (χ0) is 16.5. The predicted octanol–water partition coefficient (Wildman–Crippen LogP) is 3.34. The van der Waals surface area contributed by atoms with E-state index < -0.39 is 5.97 Å². The van der Waals surface area contributed by atoms with Crippen molar-refractivity contribution >= 4 is 11.8 Å². The van der Waals surface area contributed by atoms with E-state index in [1.165, 1.54) is 13.0 Å². The Hall–Kier alpha value is -2.11. The van der Waals surface area contributed by atoms with Crippen molar-refractivity contribution in [3.8, 4) is 11.5 Å². The lowest BCUT2D eigenvalue weighted by Gasteiger charge is -2.15. The predicted molar refractivity (Wildman–Crippen MR) is 82.0 cm³/mol. The molecule has 1 N–H and O–H groups in total. The first-order chi connectivity index (χ1) is 10.5. The van der Waals surface area contributed by atoms with Gasteiger partial charge in [-0.15, -0.1) is 0 Å². The smallest absolute Gasteiger partial charge is 0.358 e. The van der Waals surface area contributed by atoms with Gasteiger partial charge in [0.05, 0.1) is 13.2 Å². The summed E-state index contributed by atoms with van der Waals surface area (Å²) in [6.07, 6.45) is 3.49. The van der Waals surface area contributed by atoms with Crippen LogP contribution >= 0.6 is 0 Å². The minimum Gasteiger partial charge on any atom is -0.490 e. The second-order valence-corrected chi connectivity index (χ2v) is 4.95. The standard InChI is InChI=1S/C16H23NO5/c1-4-6-8-21-13-10-12(11(3)18)17-14(16(19)20)15(13)22-9-7-5-2/h10H,4-9H2,1-3H3,(H,19,20). The van der Waals surface area contributed by atoms with E-state index in [2.05, 4.69) is 4.98 Å². The maximum Gasteiger partial charge on any atom is 0.358 e. The lowest BCUT2D eigenvalue weighted by molar-refractivity contribution is 0.0683. The van der Waals surface area contributed by atoms with Crippen molar-refractivity contribution in [3.63, 3.8) is 0 Å². The van der Waals surface area contributed by atoms with Gasteiger partial charge >= 0.3 is 5.97 Å². The van der Waals surface area contributed by atoms with E-state index in [-0.39, 0.29) is 28.7 Å². The van der Waals surface area contributed by atoms with Crippen LogP contribution in [0.2, 0.25) is 0 Å². The first-order valence-corrected chi connectivity index (χ1v) is 7.56. The molecule has 0 saturated carbocycles. The van der Waals surface area contributed by atoms with Crippen molar-refractivity contribution < 1.29 is 24.2 Å². The van der Waals surface area contributed by atoms with Gasteiger partial charge in [0.15, 0.2) is 23.0 Å². The molecule has 6 nitrogen and oxygen atoms in total. The Balaban J connectivity index is 3.19. The van der Waals surface area contributed by atoms with Crippen molar-refractivity contribution in [1.29, 1.82) is 0 Å². The molecule has 0 spiro atoms. The Labute approximate surface area is 130 Å². The van der Waals surface area contributed by atoms with Crippen LogP contribution in [0, 0.1) is 0 Å². The molecule has 0 aromatic carbocycles. The lowest BCUT2D eigenvalue weighted by Crippen LogP contribution is -2.12. The Morgan fingerprint density at radius 1 is 1.14 bits per heavy atom. The second kappa shape index (κ2) is 9.02.